The van der Waals surface area contributed by atoms with Crippen LogP contribution in [0.4, 0.5) is 16.3 Å². The SMILES string of the molecule is COC(=O)Nc1ccc(-c2cnc3ccc(C(=O)N(C)c4ccc(Cl)c(C)c4)cn23)cn1. The third kappa shape index (κ3) is 4.13. The first kappa shape index (κ1) is 21.3. The van der Waals surface area contributed by atoms with Gasteiger partial charge in [-0.05, 0) is 55.0 Å². The second-order valence-electron chi connectivity index (χ2n) is 7.14. The van der Waals surface area contributed by atoms with E-state index in [0.29, 0.717) is 22.1 Å². The molecule has 0 aliphatic carbocycles. The lowest BCUT2D eigenvalue weighted by molar-refractivity contribution is 0.0992. The van der Waals surface area contributed by atoms with Crippen LogP contribution in [0, 0.1) is 6.92 Å². The minimum atomic E-state index is -0.594. The molecule has 8 nitrogen and oxygen atoms in total. The Bertz CT molecular complexity index is 1320. The van der Waals surface area contributed by atoms with Crippen LogP contribution in [-0.4, -0.2) is 40.5 Å². The Morgan fingerprint density at radius 3 is 2.59 bits per heavy atom. The third-order valence-corrected chi connectivity index (χ3v) is 5.48. The van der Waals surface area contributed by atoms with Gasteiger partial charge in [-0.2, -0.15) is 0 Å². The molecule has 32 heavy (non-hydrogen) atoms. The van der Waals surface area contributed by atoms with Crippen molar-refractivity contribution in [3.8, 4) is 11.3 Å². The summed E-state index contributed by atoms with van der Waals surface area (Å²) < 4.78 is 6.40. The van der Waals surface area contributed by atoms with Gasteiger partial charge >= 0.3 is 6.09 Å². The van der Waals surface area contributed by atoms with Crippen molar-refractivity contribution in [2.45, 2.75) is 6.92 Å². The van der Waals surface area contributed by atoms with E-state index in [1.54, 1.807) is 60.9 Å². The Kier molecular flexibility index (Phi) is 5.79. The van der Waals surface area contributed by atoms with Gasteiger partial charge in [-0.15, -0.1) is 0 Å². The number of aryl methyl sites for hydroxylation is 1. The van der Waals surface area contributed by atoms with Crippen molar-refractivity contribution in [1.82, 2.24) is 14.4 Å². The van der Waals surface area contributed by atoms with Gasteiger partial charge in [0.2, 0.25) is 0 Å². The van der Waals surface area contributed by atoms with Gasteiger partial charge in [0.25, 0.3) is 5.91 Å². The summed E-state index contributed by atoms with van der Waals surface area (Å²) in [5.74, 6) is 0.203. The molecule has 0 radical (unpaired) electrons. The van der Waals surface area contributed by atoms with Crippen LogP contribution in [-0.2, 0) is 4.74 Å². The fourth-order valence-corrected chi connectivity index (χ4v) is 3.36. The number of amides is 2. The molecule has 0 unspecified atom stereocenters. The van der Waals surface area contributed by atoms with Crippen LogP contribution in [0.1, 0.15) is 15.9 Å². The lowest BCUT2D eigenvalue weighted by atomic mass is 10.2. The number of nitrogens with one attached hydrogen (secondary N) is 1. The van der Waals surface area contributed by atoms with Crippen LogP contribution in [0.5, 0.6) is 0 Å². The normalized spacial score (nSPS) is 10.8. The summed E-state index contributed by atoms with van der Waals surface area (Å²) in [7, 11) is 3.01. The molecule has 0 saturated carbocycles. The van der Waals surface area contributed by atoms with Crippen molar-refractivity contribution in [3.05, 3.63) is 77.2 Å². The van der Waals surface area contributed by atoms with Gasteiger partial charge in [0.1, 0.15) is 11.5 Å². The van der Waals surface area contributed by atoms with Gasteiger partial charge in [-0.3, -0.25) is 14.5 Å². The number of methoxy groups -OCH3 is 1. The zero-order valence-corrected chi connectivity index (χ0v) is 18.4. The van der Waals surface area contributed by atoms with Crippen LogP contribution in [0.2, 0.25) is 5.02 Å². The number of halogens is 1. The number of imidazole rings is 1. The molecule has 0 saturated heterocycles. The van der Waals surface area contributed by atoms with Gasteiger partial charge in [0.05, 0.1) is 24.6 Å². The maximum absolute atomic E-state index is 13.1. The number of rotatable bonds is 4. The molecule has 0 aliphatic rings. The van der Waals surface area contributed by atoms with Gasteiger partial charge < -0.3 is 9.64 Å². The number of benzene rings is 1. The minimum Gasteiger partial charge on any atom is -0.453 e. The molecule has 9 heteroatoms. The van der Waals surface area contributed by atoms with E-state index in [9.17, 15) is 9.59 Å². The molecular weight excluding hydrogens is 430 g/mol. The maximum atomic E-state index is 13.1. The predicted molar refractivity (Wildman–Crippen MR) is 123 cm³/mol. The van der Waals surface area contributed by atoms with Gasteiger partial charge in [0.15, 0.2) is 0 Å². The van der Waals surface area contributed by atoms with E-state index in [1.807, 2.05) is 23.5 Å². The van der Waals surface area contributed by atoms with Gasteiger partial charge in [-0.1, -0.05) is 11.6 Å². The number of carbonyl (C=O) groups is 2. The van der Waals surface area contributed by atoms with Crippen LogP contribution < -0.4 is 10.2 Å². The van der Waals surface area contributed by atoms with E-state index in [-0.39, 0.29) is 5.91 Å². The number of nitrogens with zero attached hydrogens (tertiary/aromatic N) is 4. The summed E-state index contributed by atoms with van der Waals surface area (Å²) in [5.41, 5.74) is 4.38. The topological polar surface area (TPSA) is 88.8 Å². The number of carbonyl (C=O) groups excluding carboxylic acids is 2. The fourth-order valence-electron chi connectivity index (χ4n) is 3.24. The number of hydrogen-bond acceptors (Lipinski definition) is 5. The lowest BCUT2D eigenvalue weighted by Crippen LogP contribution is -2.26. The third-order valence-electron chi connectivity index (χ3n) is 5.06. The molecule has 0 aliphatic heterocycles. The van der Waals surface area contributed by atoms with Crippen LogP contribution >= 0.6 is 11.6 Å². The van der Waals surface area contributed by atoms with E-state index in [4.69, 9.17) is 11.6 Å². The second-order valence-corrected chi connectivity index (χ2v) is 7.54. The van der Waals surface area contributed by atoms with Crippen LogP contribution in [0.25, 0.3) is 16.9 Å². The Labute approximate surface area is 189 Å². The summed E-state index contributed by atoms with van der Waals surface area (Å²) in [4.78, 5) is 34.7. The first-order chi connectivity index (χ1) is 15.4. The summed E-state index contributed by atoms with van der Waals surface area (Å²) in [5, 5.41) is 3.16. The monoisotopic (exact) mass is 449 g/mol. The molecule has 4 rings (SSSR count). The van der Waals surface area contributed by atoms with Crippen molar-refractivity contribution < 1.29 is 14.3 Å². The number of hydrogen-bond donors (Lipinski definition) is 1. The molecule has 0 fully saturated rings. The maximum Gasteiger partial charge on any atom is 0.412 e. The molecular formula is C23H20ClN5O3. The average molecular weight is 450 g/mol. The fraction of sp³-hybridized carbons (Fsp3) is 0.130. The lowest BCUT2D eigenvalue weighted by Gasteiger charge is -2.18. The van der Waals surface area contributed by atoms with Crippen molar-refractivity contribution >= 4 is 40.8 Å². The molecule has 162 valence electrons. The second kappa shape index (κ2) is 8.68. The summed E-state index contributed by atoms with van der Waals surface area (Å²) in [6, 6.07) is 12.5. The molecule has 1 aromatic carbocycles. The van der Waals surface area contributed by atoms with Gasteiger partial charge in [-0.25, -0.2) is 14.8 Å². The Morgan fingerprint density at radius 1 is 1.09 bits per heavy atom. The number of fused-ring (bicyclic) bond motifs is 1. The van der Waals surface area contributed by atoms with E-state index >= 15 is 0 Å². The van der Waals surface area contributed by atoms with E-state index < -0.39 is 6.09 Å². The highest BCUT2D eigenvalue weighted by Crippen LogP contribution is 2.25. The van der Waals surface area contributed by atoms with E-state index in [1.165, 1.54) is 7.11 Å². The Morgan fingerprint density at radius 2 is 1.91 bits per heavy atom. The zero-order valence-electron chi connectivity index (χ0n) is 17.7. The summed E-state index contributed by atoms with van der Waals surface area (Å²) in [6.45, 7) is 1.90. The quantitative estimate of drug-likeness (QED) is 0.482. The number of ether oxygens (including phenoxy) is 1. The molecule has 3 aromatic heterocycles. The van der Waals surface area contributed by atoms with E-state index in [2.05, 4.69) is 20.0 Å². The van der Waals surface area contributed by atoms with Gasteiger partial charge in [0, 0.05) is 35.7 Å². The summed E-state index contributed by atoms with van der Waals surface area (Å²) in [6.07, 6.45) is 4.48. The molecule has 2 amide bonds. The predicted octanol–water partition coefficient (Wildman–Crippen LogP) is 4.81. The largest absolute Gasteiger partial charge is 0.453 e. The van der Waals surface area contributed by atoms with Crippen molar-refractivity contribution in [3.63, 3.8) is 0 Å². The van der Waals surface area contributed by atoms with Crippen LogP contribution in [0.15, 0.2) is 61.1 Å². The number of pyridine rings is 2. The molecule has 0 atom stereocenters. The number of aromatic nitrogens is 3. The van der Waals surface area contributed by atoms with Crippen LogP contribution in [0.3, 0.4) is 0 Å². The molecule has 0 spiro atoms. The molecule has 3 heterocycles. The van der Waals surface area contributed by atoms with E-state index in [0.717, 1.165) is 22.5 Å². The van der Waals surface area contributed by atoms with Crippen molar-refractivity contribution in [1.29, 1.82) is 0 Å². The minimum absolute atomic E-state index is 0.163. The van der Waals surface area contributed by atoms with Crippen molar-refractivity contribution in [2.24, 2.45) is 0 Å². The average Bonchev–Trinajstić information content (AvgIpc) is 3.23. The molecule has 1 N–H and O–H groups in total. The zero-order chi connectivity index (χ0) is 22.8. The molecule has 4 aromatic rings. The highest BCUT2D eigenvalue weighted by molar-refractivity contribution is 6.31. The highest BCUT2D eigenvalue weighted by Gasteiger charge is 2.16. The molecule has 0 bridgehead atoms. The Hall–Kier alpha value is -3.91. The number of anilines is 2. The Balaban J connectivity index is 1.64. The first-order valence-electron chi connectivity index (χ1n) is 9.70. The smallest absolute Gasteiger partial charge is 0.412 e. The summed E-state index contributed by atoms with van der Waals surface area (Å²) >= 11 is 6.11. The standard InChI is InChI=1S/C23H20ClN5O3/c1-14-10-17(6-7-18(14)24)28(2)22(30)16-5-9-21-26-12-19(29(21)13-16)15-4-8-20(25-11-15)27-23(31)32-3/h4-13H,1-3H3,(H,25,27,31). The highest BCUT2D eigenvalue weighted by atomic mass is 35.5. The van der Waals surface area contributed by atoms with Crippen molar-refractivity contribution in [2.75, 3.05) is 24.4 Å². The first-order valence-corrected chi connectivity index (χ1v) is 10.1.